The molecule has 0 amide bonds. The first-order chi connectivity index (χ1) is 7.16. The molecular formula is C10H14N2O3. The summed E-state index contributed by atoms with van der Waals surface area (Å²) < 4.78 is 7.00. The number of hydrogen-bond donors (Lipinski definition) is 1. The van der Waals surface area contributed by atoms with Crippen LogP contribution in [0.1, 0.15) is 18.5 Å². The molecule has 1 N–H and O–H groups in total. The van der Waals surface area contributed by atoms with Crippen molar-refractivity contribution in [3.05, 3.63) is 32.6 Å². The number of ether oxygens (including phenoxy) is 1. The van der Waals surface area contributed by atoms with Gasteiger partial charge in [-0.05, 0) is 19.8 Å². The van der Waals surface area contributed by atoms with E-state index in [1.54, 1.807) is 11.5 Å². The van der Waals surface area contributed by atoms with Gasteiger partial charge in [-0.25, -0.2) is 4.79 Å². The molecule has 1 unspecified atom stereocenters. The summed E-state index contributed by atoms with van der Waals surface area (Å²) in [6, 6.07) is 1.43. The fourth-order valence-corrected chi connectivity index (χ4v) is 1.86. The van der Waals surface area contributed by atoms with Crippen molar-refractivity contribution >= 4 is 0 Å². The summed E-state index contributed by atoms with van der Waals surface area (Å²) in [5.74, 6) is 0. The van der Waals surface area contributed by atoms with Gasteiger partial charge in [-0.2, -0.15) is 0 Å². The zero-order valence-corrected chi connectivity index (χ0v) is 8.66. The molecule has 1 aromatic rings. The first kappa shape index (κ1) is 10.2. The standard InChI is InChI=1S/C10H14N2O3/c1-7-5-9(13)11-10(14)12(7)6-8-3-2-4-15-8/h5,8H,2-4,6H2,1H3,(H,11,13,14). The van der Waals surface area contributed by atoms with Crippen molar-refractivity contribution in [3.63, 3.8) is 0 Å². The van der Waals surface area contributed by atoms with Gasteiger partial charge in [-0.15, -0.1) is 0 Å². The van der Waals surface area contributed by atoms with E-state index in [9.17, 15) is 9.59 Å². The van der Waals surface area contributed by atoms with E-state index in [-0.39, 0.29) is 17.4 Å². The number of aromatic amines is 1. The van der Waals surface area contributed by atoms with Crippen molar-refractivity contribution in [3.8, 4) is 0 Å². The molecule has 1 saturated heterocycles. The van der Waals surface area contributed by atoms with Gasteiger partial charge in [-0.3, -0.25) is 14.3 Å². The first-order valence-corrected chi connectivity index (χ1v) is 5.09. The van der Waals surface area contributed by atoms with E-state index in [2.05, 4.69) is 4.98 Å². The van der Waals surface area contributed by atoms with E-state index in [4.69, 9.17) is 4.74 Å². The maximum Gasteiger partial charge on any atom is 0.328 e. The Balaban J connectivity index is 2.27. The number of nitrogens with one attached hydrogen (secondary N) is 1. The summed E-state index contributed by atoms with van der Waals surface area (Å²) in [6.07, 6.45) is 2.12. The molecule has 5 nitrogen and oxygen atoms in total. The third-order valence-electron chi connectivity index (χ3n) is 2.65. The number of rotatable bonds is 2. The van der Waals surface area contributed by atoms with Gasteiger partial charge >= 0.3 is 5.69 Å². The van der Waals surface area contributed by atoms with Gasteiger partial charge in [0.1, 0.15) is 0 Å². The highest BCUT2D eigenvalue weighted by atomic mass is 16.5. The molecule has 1 aliphatic rings. The van der Waals surface area contributed by atoms with Crippen LogP contribution in [0.2, 0.25) is 0 Å². The molecule has 1 aromatic heterocycles. The molecule has 2 heterocycles. The topological polar surface area (TPSA) is 64.1 Å². The normalized spacial score (nSPS) is 20.7. The lowest BCUT2D eigenvalue weighted by atomic mass is 10.2. The van der Waals surface area contributed by atoms with Crippen LogP contribution in [0, 0.1) is 6.92 Å². The Labute approximate surface area is 86.7 Å². The highest BCUT2D eigenvalue weighted by molar-refractivity contribution is 4.98. The fraction of sp³-hybridized carbons (Fsp3) is 0.600. The number of aryl methyl sites for hydroxylation is 1. The molecule has 1 aliphatic heterocycles. The van der Waals surface area contributed by atoms with E-state index in [1.807, 2.05) is 0 Å². The molecular weight excluding hydrogens is 196 g/mol. The smallest absolute Gasteiger partial charge is 0.328 e. The van der Waals surface area contributed by atoms with Gasteiger partial charge in [-0.1, -0.05) is 0 Å². The van der Waals surface area contributed by atoms with Gasteiger partial charge in [0, 0.05) is 18.4 Å². The average molecular weight is 210 g/mol. The van der Waals surface area contributed by atoms with Crippen LogP contribution in [0.15, 0.2) is 15.7 Å². The fourth-order valence-electron chi connectivity index (χ4n) is 1.86. The molecule has 0 aromatic carbocycles. The minimum Gasteiger partial charge on any atom is -0.376 e. The van der Waals surface area contributed by atoms with Crippen LogP contribution in [-0.2, 0) is 11.3 Å². The van der Waals surface area contributed by atoms with Crippen LogP contribution in [0.4, 0.5) is 0 Å². The van der Waals surface area contributed by atoms with Gasteiger partial charge in [0.2, 0.25) is 0 Å². The summed E-state index contributed by atoms with van der Waals surface area (Å²) in [4.78, 5) is 24.8. The second kappa shape index (κ2) is 4.02. The van der Waals surface area contributed by atoms with Gasteiger partial charge in [0.25, 0.3) is 5.56 Å². The van der Waals surface area contributed by atoms with Crippen LogP contribution >= 0.6 is 0 Å². The van der Waals surface area contributed by atoms with Gasteiger partial charge in [0.05, 0.1) is 12.6 Å². The zero-order valence-electron chi connectivity index (χ0n) is 8.66. The van der Waals surface area contributed by atoms with Crippen molar-refractivity contribution < 1.29 is 4.74 Å². The van der Waals surface area contributed by atoms with Crippen molar-refractivity contribution in [1.82, 2.24) is 9.55 Å². The molecule has 0 aliphatic carbocycles. The Morgan fingerprint density at radius 2 is 2.40 bits per heavy atom. The largest absolute Gasteiger partial charge is 0.376 e. The molecule has 0 radical (unpaired) electrons. The lowest BCUT2D eigenvalue weighted by molar-refractivity contribution is 0.0952. The van der Waals surface area contributed by atoms with Crippen molar-refractivity contribution in [2.75, 3.05) is 6.61 Å². The Morgan fingerprint density at radius 3 is 3.00 bits per heavy atom. The minimum absolute atomic E-state index is 0.104. The maximum atomic E-state index is 11.5. The van der Waals surface area contributed by atoms with Gasteiger partial charge in [0.15, 0.2) is 0 Å². The Hall–Kier alpha value is -1.36. The summed E-state index contributed by atoms with van der Waals surface area (Å²) >= 11 is 0. The molecule has 1 atom stereocenters. The Bertz CT molecular complexity index is 454. The minimum atomic E-state index is -0.351. The van der Waals surface area contributed by atoms with Crippen molar-refractivity contribution in [1.29, 1.82) is 0 Å². The van der Waals surface area contributed by atoms with E-state index < -0.39 is 0 Å². The Morgan fingerprint density at radius 1 is 1.60 bits per heavy atom. The van der Waals surface area contributed by atoms with Crippen LogP contribution in [0.5, 0.6) is 0 Å². The third kappa shape index (κ3) is 2.18. The second-order valence-corrected chi connectivity index (χ2v) is 3.83. The van der Waals surface area contributed by atoms with E-state index in [1.165, 1.54) is 6.07 Å². The first-order valence-electron chi connectivity index (χ1n) is 5.09. The number of H-pyrrole nitrogens is 1. The Kier molecular flexibility index (Phi) is 2.73. The number of aromatic nitrogens is 2. The molecule has 1 fully saturated rings. The molecule has 2 rings (SSSR count). The number of nitrogens with zero attached hydrogens (tertiary/aromatic N) is 1. The van der Waals surface area contributed by atoms with E-state index in [0.717, 1.165) is 19.4 Å². The molecule has 15 heavy (non-hydrogen) atoms. The third-order valence-corrected chi connectivity index (χ3v) is 2.65. The highest BCUT2D eigenvalue weighted by Crippen LogP contribution is 2.13. The maximum absolute atomic E-state index is 11.5. The number of hydrogen-bond acceptors (Lipinski definition) is 3. The molecule has 0 bridgehead atoms. The average Bonchev–Trinajstić information content (AvgIpc) is 2.63. The molecule has 0 spiro atoms. The summed E-state index contributed by atoms with van der Waals surface area (Å²) in [6.45, 7) is 3.05. The predicted octanol–water partition coefficient (Wildman–Crippen LogP) is 0.0240. The summed E-state index contributed by atoms with van der Waals surface area (Å²) in [7, 11) is 0. The van der Waals surface area contributed by atoms with E-state index in [0.29, 0.717) is 12.2 Å². The predicted molar refractivity (Wildman–Crippen MR) is 55.0 cm³/mol. The summed E-state index contributed by atoms with van der Waals surface area (Å²) in [5.41, 5.74) is -0.0177. The van der Waals surface area contributed by atoms with Crippen molar-refractivity contribution in [2.45, 2.75) is 32.4 Å². The van der Waals surface area contributed by atoms with Crippen molar-refractivity contribution in [2.24, 2.45) is 0 Å². The van der Waals surface area contributed by atoms with Crippen LogP contribution in [0.25, 0.3) is 0 Å². The SMILES string of the molecule is Cc1cc(=O)[nH]c(=O)n1CC1CCCO1. The van der Waals surface area contributed by atoms with Crippen LogP contribution < -0.4 is 11.2 Å². The monoisotopic (exact) mass is 210 g/mol. The second-order valence-electron chi connectivity index (χ2n) is 3.83. The lowest BCUT2D eigenvalue weighted by Crippen LogP contribution is -2.34. The molecule has 0 saturated carbocycles. The zero-order chi connectivity index (χ0) is 10.8. The lowest BCUT2D eigenvalue weighted by Gasteiger charge is -2.13. The summed E-state index contributed by atoms with van der Waals surface area (Å²) in [5, 5.41) is 0. The molecule has 82 valence electrons. The van der Waals surface area contributed by atoms with Crippen LogP contribution in [0.3, 0.4) is 0 Å². The van der Waals surface area contributed by atoms with Crippen LogP contribution in [-0.4, -0.2) is 22.3 Å². The van der Waals surface area contributed by atoms with Gasteiger partial charge < -0.3 is 4.74 Å². The van der Waals surface area contributed by atoms with E-state index >= 15 is 0 Å². The highest BCUT2D eigenvalue weighted by Gasteiger charge is 2.17. The molecule has 5 heteroatoms. The quantitative estimate of drug-likeness (QED) is 0.748.